The second kappa shape index (κ2) is 7.29. The van der Waals surface area contributed by atoms with Gasteiger partial charge >= 0.3 is 6.03 Å². The van der Waals surface area contributed by atoms with Crippen LogP contribution in [0.15, 0.2) is 24.3 Å². The molecule has 1 saturated heterocycles. The fourth-order valence-electron chi connectivity index (χ4n) is 2.81. The number of benzene rings is 1. The first-order valence-electron chi connectivity index (χ1n) is 7.53. The Kier molecular flexibility index (Phi) is 5.41. The maximum atomic E-state index is 11.8. The summed E-state index contributed by atoms with van der Waals surface area (Å²) < 4.78 is 0. The van der Waals surface area contributed by atoms with Crippen LogP contribution in [0.2, 0.25) is 0 Å². The summed E-state index contributed by atoms with van der Waals surface area (Å²) in [7, 11) is 1.66. The van der Waals surface area contributed by atoms with Crippen LogP contribution in [0.25, 0.3) is 0 Å². The van der Waals surface area contributed by atoms with Gasteiger partial charge in [0.05, 0.1) is 0 Å². The Morgan fingerprint density at radius 1 is 1.30 bits per heavy atom. The van der Waals surface area contributed by atoms with Crippen molar-refractivity contribution in [2.45, 2.75) is 26.2 Å². The van der Waals surface area contributed by atoms with Crippen LogP contribution in [-0.2, 0) is 6.42 Å². The Balaban J connectivity index is 1.99. The van der Waals surface area contributed by atoms with E-state index in [-0.39, 0.29) is 6.03 Å². The number of carbonyl (C=O) groups is 1. The monoisotopic (exact) mass is 275 g/mol. The maximum Gasteiger partial charge on any atom is 0.321 e. The molecule has 0 bridgehead atoms. The molecule has 0 aromatic heterocycles. The van der Waals surface area contributed by atoms with E-state index in [2.05, 4.69) is 34.9 Å². The summed E-state index contributed by atoms with van der Waals surface area (Å²) in [5.41, 5.74) is 2.33. The molecular formula is C16H25N3O. The maximum absolute atomic E-state index is 11.8. The molecule has 1 aliphatic rings. The minimum atomic E-state index is -0.0568. The van der Waals surface area contributed by atoms with Crippen molar-refractivity contribution in [2.75, 3.05) is 31.6 Å². The van der Waals surface area contributed by atoms with Gasteiger partial charge in [-0.15, -0.1) is 0 Å². The van der Waals surface area contributed by atoms with E-state index in [9.17, 15) is 4.79 Å². The highest BCUT2D eigenvalue weighted by atomic mass is 16.2. The lowest BCUT2D eigenvalue weighted by atomic mass is 9.91. The highest BCUT2D eigenvalue weighted by Crippen LogP contribution is 2.21. The van der Waals surface area contributed by atoms with Crippen LogP contribution >= 0.6 is 0 Å². The van der Waals surface area contributed by atoms with Crippen LogP contribution < -0.4 is 15.5 Å². The Bertz CT molecular complexity index is 424. The van der Waals surface area contributed by atoms with Gasteiger partial charge in [-0.05, 0) is 62.9 Å². The molecular weight excluding hydrogens is 250 g/mol. The molecule has 0 aliphatic carbocycles. The lowest BCUT2D eigenvalue weighted by Gasteiger charge is -2.23. The summed E-state index contributed by atoms with van der Waals surface area (Å²) in [5, 5.41) is 6.07. The molecule has 2 N–H and O–H groups in total. The number of hydrogen-bond acceptors (Lipinski definition) is 2. The molecule has 1 aromatic rings. The van der Waals surface area contributed by atoms with Gasteiger partial charge in [0.1, 0.15) is 0 Å². The van der Waals surface area contributed by atoms with Crippen LogP contribution in [-0.4, -0.2) is 32.7 Å². The van der Waals surface area contributed by atoms with Crippen LogP contribution in [0.4, 0.5) is 10.5 Å². The van der Waals surface area contributed by atoms with Crippen LogP contribution in [0.5, 0.6) is 0 Å². The fraction of sp³-hybridized carbons (Fsp3) is 0.562. The molecule has 2 amide bonds. The van der Waals surface area contributed by atoms with Crippen LogP contribution in [0.3, 0.4) is 0 Å². The van der Waals surface area contributed by atoms with E-state index < -0.39 is 0 Å². The lowest BCUT2D eigenvalue weighted by molar-refractivity contribution is 0.248. The Labute approximate surface area is 121 Å². The normalized spacial score (nSPS) is 15.9. The molecule has 1 aliphatic heterocycles. The Hall–Kier alpha value is -1.55. The average Bonchev–Trinajstić information content (AvgIpc) is 2.50. The van der Waals surface area contributed by atoms with Crippen molar-refractivity contribution in [1.29, 1.82) is 0 Å². The van der Waals surface area contributed by atoms with E-state index in [1.54, 1.807) is 11.9 Å². The van der Waals surface area contributed by atoms with Crippen LogP contribution in [0.1, 0.15) is 25.3 Å². The third-order valence-electron chi connectivity index (χ3n) is 4.01. The Morgan fingerprint density at radius 3 is 2.50 bits per heavy atom. The summed E-state index contributed by atoms with van der Waals surface area (Å²) in [5.74, 6) is 0.795. The van der Waals surface area contributed by atoms with Crippen LogP contribution in [0, 0.1) is 5.92 Å². The highest BCUT2D eigenvalue weighted by molar-refractivity contribution is 5.91. The van der Waals surface area contributed by atoms with E-state index in [0.717, 1.165) is 31.1 Å². The van der Waals surface area contributed by atoms with Gasteiger partial charge in [-0.25, -0.2) is 4.79 Å². The number of rotatable bonds is 4. The van der Waals surface area contributed by atoms with Crippen molar-refractivity contribution in [3.8, 4) is 0 Å². The number of hydrogen-bond donors (Lipinski definition) is 2. The number of piperidine rings is 1. The molecule has 2 rings (SSSR count). The molecule has 4 nitrogen and oxygen atoms in total. The SMILES string of the molecule is CCN(C(=O)NC)c1ccc(CC2CCNCC2)cc1. The fourth-order valence-corrected chi connectivity index (χ4v) is 2.81. The predicted octanol–water partition coefficient (Wildman–Crippen LogP) is 2.39. The van der Waals surface area contributed by atoms with Gasteiger partial charge in [0.15, 0.2) is 0 Å². The smallest absolute Gasteiger partial charge is 0.321 e. The summed E-state index contributed by atoms with van der Waals surface area (Å²) in [6.07, 6.45) is 3.68. The molecule has 20 heavy (non-hydrogen) atoms. The van der Waals surface area contributed by atoms with Gasteiger partial charge < -0.3 is 10.6 Å². The quantitative estimate of drug-likeness (QED) is 0.886. The lowest BCUT2D eigenvalue weighted by Crippen LogP contribution is -2.37. The van der Waals surface area contributed by atoms with Gasteiger partial charge in [-0.1, -0.05) is 12.1 Å². The van der Waals surface area contributed by atoms with Gasteiger partial charge in [-0.2, -0.15) is 0 Å². The van der Waals surface area contributed by atoms with Crippen molar-refractivity contribution in [1.82, 2.24) is 10.6 Å². The molecule has 0 atom stereocenters. The minimum absolute atomic E-state index is 0.0568. The van der Waals surface area contributed by atoms with Gasteiger partial charge in [0, 0.05) is 19.3 Å². The first kappa shape index (κ1) is 14.9. The first-order valence-corrected chi connectivity index (χ1v) is 7.53. The van der Waals surface area contributed by atoms with Gasteiger partial charge in [-0.3, -0.25) is 4.90 Å². The molecule has 110 valence electrons. The topological polar surface area (TPSA) is 44.4 Å². The molecule has 0 saturated carbocycles. The molecule has 0 spiro atoms. The number of carbonyl (C=O) groups excluding carboxylic acids is 1. The Morgan fingerprint density at radius 2 is 1.95 bits per heavy atom. The number of nitrogens with zero attached hydrogens (tertiary/aromatic N) is 1. The number of anilines is 1. The van der Waals surface area contributed by atoms with Crippen molar-refractivity contribution >= 4 is 11.7 Å². The molecule has 1 aromatic carbocycles. The van der Waals surface area contributed by atoms with Crippen molar-refractivity contribution in [2.24, 2.45) is 5.92 Å². The van der Waals surface area contributed by atoms with E-state index in [0.29, 0.717) is 6.54 Å². The number of urea groups is 1. The van der Waals surface area contributed by atoms with Crippen molar-refractivity contribution in [3.63, 3.8) is 0 Å². The van der Waals surface area contributed by atoms with E-state index in [4.69, 9.17) is 0 Å². The number of nitrogens with one attached hydrogen (secondary N) is 2. The summed E-state index contributed by atoms with van der Waals surface area (Å²) in [4.78, 5) is 13.5. The molecule has 1 fully saturated rings. The second-order valence-electron chi connectivity index (χ2n) is 5.36. The van der Waals surface area contributed by atoms with Gasteiger partial charge in [0.25, 0.3) is 0 Å². The molecule has 0 radical (unpaired) electrons. The third-order valence-corrected chi connectivity index (χ3v) is 4.01. The summed E-state index contributed by atoms with van der Waals surface area (Å²) in [6.45, 7) is 4.94. The standard InChI is InChI=1S/C16H25N3O/c1-3-19(16(20)17-2)15-6-4-13(5-7-15)12-14-8-10-18-11-9-14/h4-7,14,18H,3,8-12H2,1-2H3,(H,17,20). The summed E-state index contributed by atoms with van der Waals surface area (Å²) in [6, 6.07) is 8.36. The van der Waals surface area contributed by atoms with Crippen molar-refractivity contribution in [3.05, 3.63) is 29.8 Å². The van der Waals surface area contributed by atoms with Crippen molar-refractivity contribution < 1.29 is 4.79 Å². The molecule has 0 unspecified atom stereocenters. The zero-order valence-electron chi connectivity index (χ0n) is 12.5. The first-order chi connectivity index (χ1) is 9.74. The third kappa shape index (κ3) is 3.73. The van der Waals surface area contributed by atoms with E-state index in [1.165, 1.54) is 18.4 Å². The minimum Gasteiger partial charge on any atom is -0.341 e. The van der Waals surface area contributed by atoms with E-state index >= 15 is 0 Å². The second-order valence-corrected chi connectivity index (χ2v) is 5.36. The zero-order valence-corrected chi connectivity index (χ0v) is 12.5. The predicted molar refractivity (Wildman–Crippen MR) is 83.2 cm³/mol. The molecule has 1 heterocycles. The molecule has 4 heteroatoms. The van der Waals surface area contributed by atoms with E-state index in [1.807, 2.05) is 6.92 Å². The largest absolute Gasteiger partial charge is 0.341 e. The number of amides is 2. The summed E-state index contributed by atoms with van der Waals surface area (Å²) >= 11 is 0. The van der Waals surface area contributed by atoms with Gasteiger partial charge in [0.2, 0.25) is 0 Å². The average molecular weight is 275 g/mol. The highest BCUT2D eigenvalue weighted by Gasteiger charge is 2.15. The zero-order chi connectivity index (χ0) is 14.4.